The van der Waals surface area contributed by atoms with Crippen molar-refractivity contribution in [2.75, 3.05) is 28.6 Å². The highest BCUT2D eigenvalue weighted by atomic mass is 19.1. The van der Waals surface area contributed by atoms with Gasteiger partial charge in [-0.25, -0.2) is 9.37 Å². The van der Waals surface area contributed by atoms with Crippen LogP contribution in [0, 0.1) is 5.82 Å². The number of piperidine rings is 1. The van der Waals surface area contributed by atoms with Gasteiger partial charge in [-0.3, -0.25) is 4.79 Å². The van der Waals surface area contributed by atoms with Gasteiger partial charge in [-0.2, -0.15) is 0 Å². The molecular formula is C23H23FN4O. The molecule has 5 nitrogen and oxygen atoms in total. The summed E-state index contributed by atoms with van der Waals surface area (Å²) < 4.78 is 13.0. The Morgan fingerprint density at radius 1 is 0.828 bits per heavy atom. The molecule has 1 aromatic heterocycles. The third kappa shape index (κ3) is 4.90. The highest BCUT2D eigenvalue weighted by Gasteiger charge is 2.11. The van der Waals surface area contributed by atoms with Gasteiger partial charge in [-0.05, 0) is 79.9 Å². The van der Waals surface area contributed by atoms with E-state index in [0.29, 0.717) is 11.4 Å². The van der Waals surface area contributed by atoms with E-state index < -0.39 is 0 Å². The van der Waals surface area contributed by atoms with Crippen LogP contribution in [0.15, 0.2) is 66.9 Å². The van der Waals surface area contributed by atoms with Gasteiger partial charge in [0.2, 0.25) is 0 Å². The van der Waals surface area contributed by atoms with Crippen LogP contribution in [0.5, 0.6) is 0 Å². The van der Waals surface area contributed by atoms with E-state index in [2.05, 4.69) is 44.8 Å². The van der Waals surface area contributed by atoms with E-state index in [4.69, 9.17) is 0 Å². The topological polar surface area (TPSA) is 57.3 Å². The largest absolute Gasteiger partial charge is 0.372 e. The van der Waals surface area contributed by atoms with Crippen LogP contribution in [0.1, 0.15) is 29.8 Å². The number of halogens is 1. The van der Waals surface area contributed by atoms with Gasteiger partial charge in [0.05, 0.1) is 11.9 Å². The molecule has 0 saturated carbocycles. The van der Waals surface area contributed by atoms with E-state index in [-0.39, 0.29) is 11.7 Å². The standard InChI is InChI=1S/C23H23FN4O/c24-17-4-6-19(7-5-17)27-23(29)22-13-10-20(16-25-22)26-18-8-11-21(12-9-18)28-14-2-1-3-15-28/h4-13,16,26H,1-3,14-15H2,(H,27,29). The minimum absolute atomic E-state index is 0.292. The zero-order chi connectivity index (χ0) is 20.1. The Kier molecular flexibility index (Phi) is 5.70. The summed E-state index contributed by atoms with van der Waals surface area (Å²) in [6.07, 6.45) is 5.46. The SMILES string of the molecule is O=C(Nc1ccc(F)cc1)c1ccc(Nc2ccc(N3CCCCC3)cc2)cn1. The lowest BCUT2D eigenvalue weighted by molar-refractivity contribution is 0.102. The van der Waals surface area contributed by atoms with Gasteiger partial charge in [0.15, 0.2) is 0 Å². The zero-order valence-corrected chi connectivity index (χ0v) is 16.1. The minimum Gasteiger partial charge on any atom is -0.372 e. The molecular weight excluding hydrogens is 367 g/mol. The van der Waals surface area contributed by atoms with E-state index in [1.807, 2.05) is 6.07 Å². The maximum Gasteiger partial charge on any atom is 0.274 e. The van der Waals surface area contributed by atoms with Crippen molar-refractivity contribution in [3.8, 4) is 0 Å². The normalized spacial score (nSPS) is 13.8. The Morgan fingerprint density at radius 2 is 1.48 bits per heavy atom. The van der Waals surface area contributed by atoms with Gasteiger partial charge in [-0.15, -0.1) is 0 Å². The Hall–Kier alpha value is -3.41. The zero-order valence-electron chi connectivity index (χ0n) is 16.1. The molecule has 0 bridgehead atoms. The van der Waals surface area contributed by atoms with Gasteiger partial charge in [-0.1, -0.05) is 0 Å². The van der Waals surface area contributed by atoms with Crippen molar-refractivity contribution in [1.82, 2.24) is 4.98 Å². The summed E-state index contributed by atoms with van der Waals surface area (Å²) >= 11 is 0. The number of pyridine rings is 1. The lowest BCUT2D eigenvalue weighted by Gasteiger charge is -2.28. The van der Waals surface area contributed by atoms with Gasteiger partial charge in [0.1, 0.15) is 11.5 Å². The van der Waals surface area contributed by atoms with E-state index >= 15 is 0 Å². The maximum atomic E-state index is 13.0. The fraction of sp³-hybridized carbons (Fsp3) is 0.217. The number of nitrogens with zero attached hydrogens (tertiary/aromatic N) is 2. The number of hydrogen-bond donors (Lipinski definition) is 2. The van der Waals surface area contributed by atoms with Crippen LogP contribution in [0.2, 0.25) is 0 Å². The van der Waals surface area contributed by atoms with E-state index in [1.165, 1.54) is 49.2 Å². The van der Waals surface area contributed by atoms with Gasteiger partial charge < -0.3 is 15.5 Å². The van der Waals surface area contributed by atoms with E-state index in [0.717, 1.165) is 24.5 Å². The number of nitrogens with one attached hydrogen (secondary N) is 2. The molecule has 6 heteroatoms. The molecule has 1 aliphatic rings. The second-order valence-corrected chi connectivity index (χ2v) is 7.11. The molecule has 1 amide bonds. The number of benzene rings is 2. The summed E-state index contributed by atoms with van der Waals surface area (Å²) in [5.41, 5.74) is 3.83. The lowest BCUT2D eigenvalue weighted by Crippen LogP contribution is -2.29. The Labute approximate surface area is 169 Å². The predicted octanol–water partition coefficient (Wildman–Crippen LogP) is 5.21. The number of anilines is 4. The summed E-state index contributed by atoms with van der Waals surface area (Å²) in [7, 11) is 0. The first-order chi connectivity index (χ1) is 14.2. The van der Waals surface area contributed by atoms with Gasteiger partial charge in [0.25, 0.3) is 5.91 Å². The number of carbonyl (C=O) groups excluding carboxylic acids is 1. The van der Waals surface area contributed by atoms with Crippen LogP contribution >= 0.6 is 0 Å². The van der Waals surface area contributed by atoms with Crippen LogP contribution in [-0.2, 0) is 0 Å². The summed E-state index contributed by atoms with van der Waals surface area (Å²) in [4.78, 5) is 18.9. The second-order valence-electron chi connectivity index (χ2n) is 7.11. The number of carbonyl (C=O) groups is 1. The molecule has 1 fully saturated rings. The molecule has 148 valence electrons. The maximum absolute atomic E-state index is 13.0. The molecule has 3 aromatic rings. The fourth-order valence-electron chi connectivity index (χ4n) is 3.40. The van der Waals surface area contributed by atoms with Crippen molar-refractivity contribution in [3.63, 3.8) is 0 Å². The molecule has 2 N–H and O–H groups in total. The fourth-order valence-corrected chi connectivity index (χ4v) is 3.40. The van der Waals surface area contributed by atoms with Crippen LogP contribution in [0.3, 0.4) is 0 Å². The Morgan fingerprint density at radius 3 is 2.14 bits per heavy atom. The Bertz CT molecular complexity index is 950. The lowest BCUT2D eigenvalue weighted by atomic mass is 10.1. The molecule has 0 atom stereocenters. The highest BCUT2D eigenvalue weighted by molar-refractivity contribution is 6.02. The summed E-state index contributed by atoms with van der Waals surface area (Å²) in [5, 5.41) is 6.00. The van der Waals surface area contributed by atoms with Crippen LogP contribution in [0.4, 0.5) is 27.1 Å². The average molecular weight is 390 g/mol. The number of rotatable bonds is 5. The van der Waals surface area contributed by atoms with E-state index in [9.17, 15) is 9.18 Å². The molecule has 29 heavy (non-hydrogen) atoms. The highest BCUT2D eigenvalue weighted by Crippen LogP contribution is 2.23. The molecule has 1 aliphatic heterocycles. The number of hydrogen-bond acceptors (Lipinski definition) is 4. The molecule has 0 unspecified atom stereocenters. The molecule has 0 aliphatic carbocycles. The van der Waals surface area contributed by atoms with Crippen molar-refractivity contribution in [3.05, 3.63) is 78.4 Å². The first-order valence-electron chi connectivity index (χ1n) is 9.82. The quantitative estimate of drug-likeness (QED) is 0.628. The molecule has 1 saturated heterocycles. The monoisotopic (exact) mass is 390 g/mol. The molecule has 4 rings (SSSR count). The summed E-state index contributed by atoms with van der Waals surface area (Å²) in [5.74, 6) is -0.686. The van der Waals surface area contributed by atoms with Crippen molar-refractivity contribution in [2.45, 2.75) is 19.3 Å². The van der Waals surface area contributed by atoms with Gasteiger partial charge in [0, 0.05) is 30.2 Å². The van der Waals surface area contributed by atoms with Crippen LogP contribution in [-0.4, -0.2) is 24.0 Å². The predicted molar refractivity (Wildman–Crippen MR) is 114 cm³/mol. The van der Waals surface area contributed by atoms with E-state index in [1.54, 1.807) is 12.3 Å². The Balaban J connectivity index is 1.36. The second kappa shape index (κ2) is 8.73. The number of aromatic nitrogens is 1. The third-order valence-corrected chi connectivity index (χ3v) is 4.98. The van der Waals surface area contributed by atoms with Crippen LogP contribution in [0.25, 0.3) is 0 Å². The van der Waals surface area contributed by atoms with Crippen molar-refractivity contribution in [2.24, 2.45) is 0 Å². The minimum atomic E-state index is -0.347. The first-order valence-corrected chi connectivity index (χ1v) is 9.82. The summed E-state index contributed by atoms with van der Waals surface area (Å²) in [6, 6.07) is 17.5. The number of amides is 1. The van der Waals surface area contributed by atoms with Gasteiger partial charge >= 0.3 is 0 Å². The van der Waals surface area contributed by atoms with Crippen molar-refractivity contribution < 1.29 is 9.18 Å². The molecule has 2 aromatic carbocycles. The molecule has 2 heterocycles. The smallest absolute Gasteiger partial charge is 0.274 e. The van der Waals surface area contributed by atoms with Crippen LogP contribution < -0.4 is 15.5 Å². The van der Waals surface area contributed by atoms with Crippen molar-refractivity contribution in [1.29, 1.82) is 0 Å². The third-order valence-electron chi connectivity index (χ3n) is 4.98. The first kappa shape index (κ1) is 18.9. The average Bonchev–Trinajstić information content (AvgIpc) is 2.77. The summed E-state index contributed by atoms with van der Waals surface area (Å²) in [6.45, 7) is 2.25. The molecule has 0 radical (unpaired) electrons. The van der Waals surface area contributed by atoms with Crippen molar-refractivity contribution >= 4 is 28.7 Å². The molecule has 0 spiro atoms.